The molecule has 1 aromatic heterocycles. The number of hydrogen-bond donors (Lipinski definition) is 2. The van der Waals surface area contributed by atoms with E-state index in [-0.39, 0.29) is 17.7 Å². The Morgan fingerprint density at radius 3 is 2.35 bits per heavy atom. The number of aromatic nitrogens is 1. The average Bonchev–Trinajstić information content (AvgIpc) is 2.21. The standard InChI is InChI=1S/C9H12INO5S/c1-3-11-8(12)6(4-17(14,15)16)5(2)7(10)9(11)13/h12H,3-4H2,1-2H3,(H,14,15,16). The molecule has 0 aliphatic heterocycles. The first-order valence-electron chi connectivity index (χ1n) is 4.75. The molecule has 0 aromatic carbocycles. The van der Waals surface area contributed by atoms with Crippen LogP contribution in [-0.2, 0) is 22.4 Å². The number of hydrogen-bond acceptors (Lipinski definition) is 4. The summed E-state index contributed by atoms with van der Waals surface area (Å²) in [5.74, 6) is -1.12. The summed E-state index contributed by atoms with van der Waals surface area (Å²) in [5.41, 5.74) is 0.0518. The molecule has 2 N–H and O–H groups in total. The fourth-order valence-electron chi connectivity index (χ4n) is 1.49. The molecule has 0 aliphatic carbocycles. The molecule has 6 nitrogen and oxygen atoms in total. The minimum Gasteiger partial charge on any atom is -0.494 e. The first kappa shape index (κ1) is 14.5. The summed E-state index contributed by atoms with van der Waals surface area (Å²) in [6, 6.07) is 0. The molecule has 0 fully saturated rings. The largest absolute Gasteiger partial charge is 0.494 e. The van der Waals surface area contributed by atoms with Gasteiger partial charge in [0.05, 0.1) is 3.57 Å². The van der Waals surface area contributed by atoms with Crippen molar-refractivity contribution >= 4 is 32.7 Å². The van der Waals surface area contributed by atoms with Gasteiger partial charge in [-0.15, -0.1) is 0 Å². The van der Waals surface area contributed by atoms with E-state index in [0.717, 1.165) is 4.57 Å². The van der Waals surface area contributed by atoms with Gasteiger partial charge in [0, 0.05) is 12.1 Å². The minimum atomic E-state index is -4.26. The Morgan fingerprint density at radius 1 is 1.41 bits per heavy atom. The Balaban J connectivity index is 3.62. The van der Waals surface area contributed by atoms with Crippen molar-refractivity contribution in [1.29, 1.82) is 0 Å². The van der Waals surface area contributed by atoms with E-state index in [1.165, 1.54) is 6.92 Å². The van der Waals surface area contributed by atoms with Crippen LogP contribution in [0, 0.1) is 10.5 Å². The molecule has 0 saturated heterocycles. The van der Waals surface area contributed by atoms with Crippen molar-refractivity contribution < 1.29 is 18.1 Å². The maximum atomic E-state index is 11.7. The molecule has 0 bridgehead atoms. The summed E-state index contributed by atoms with van der Waals surface area (Å²) < 4.78 is 31.9. The zero-order chi connectivity index (χ0) is 13.4. The maximum Gasteiger partial charge on any atom is 0.269 e. The van der Waals surface area contributed by atoms with E-state index < -0.39 is 21.8 Å². The molecule has 0 amide bonds. The van der Waals surface area contributed by atoms with Crippen molar-refractivity contribution in [3.8, 4) is 5.88 Å². The third kappa shape index (κ3) is 2.99. The first-order valence-corrected chi connectivity index (χ1v) is 7.43. The van der Waals surface area contributed by atoms with E-state index in [9.17, 15) is 18.3 Å². The van der Waals surface area contributed by atoms with Gasteiger partial charge in [-0.2, -0.15) is 8.42 Å². The van der Waals surface area contributed by atoms with Crippen LogP contribution in [0.1, 0.15) is 18.1 Å². The Morgan fingerprint density at radius 2 is 1.94 bits per heavy atom. The van der Waals surface area contributed by atoms with Gasteiger partial charge in [0.2, 0.25) is 0 Å². The Labute approximate surface area is 112 Å². The van der Waals surface area contributed by atoms with Gasteiger partial charge in [-0.05, 0) is 42.0 Å². The van der Waals surface area contributed by atoms with Gasteiger partial charge in [-0.3, -0.25) is 13.9 Å². The summed E-state index contributed by atoms with van der Waals surface area (Å²) in [4.78, 5) is 11.7. The summed E-state index contributed by atoms with van der Waals surface area (Å²) in [7, 11) is -4.26. The third-order valence-electron chi connectivity index (χ3n) is 2.38. The topological polar surface area (TPSA) is 96.6 Å². The van der Waals surface area contributed by atoms with Crippen LogP contribution in [-0.4, -0.2) is 22.6 Å². The zero-order valence-electron chi connectivity index (χ0n) is 9.27. The summed E-state index contributed by atoms with van der Waals surface area (Å²) in [6.45, 7) is 3.41. The number of pyridine rings is 1. The van der Waals surface area contributed by atoms with E-state index in [2.05, 4.69) is 0 Å². The van der Waals surface area contributed by atoms with Crippen LogP contribution >= 0.6 is 22.6 Å². The fraction of sp³-hybridized carbons (Fsp3) is 0.444. The Hall–Kier alpha value is -0.610. The predicted octanol–water partition coefficient (Wildman–Crippen LogP) is 0.875. The van der Waals surface area contributed by atoms with Crippen LogP contribution in [0.15, 0.2) is 4.79 Å². The van der Waals surface area contributed by atoms with Crippen LogP contribution in [0.5, 0.6) is 5.88 Å². The molecular formula is C9H12INO5S. The van der Waals surface area contributed by atoms with Gasteiger partial charge < -0.3 is 5.11 Å². The van der Waals surface area contributed by atoms with Crippen molar-refractivity contribution in [3.63, 3.8) is 0 Å². The SMILES string of the molecule is CCn1c(O)c(CS(=O)(=O)O)c(C)c(I)c1=O. The van der Waals surface area contributed by atoms with Gasteiger partial charge in [0.25, 0.3) is 15.7 Å². The lowest BCUT2D eigenvalue weighted by molar-refractivity contribution is 0.402. The minimum absolute atomic E-state index is 0.0540. The molecule has 8 heteroatoms. The molecule has 0 saturated carbocycles. The normalized spacial score (nSPS) is 11.8. The number of aromatic hydroxyl groups is 1. The highest BCUT2D eigenvalue weighted by Gasteiger charge is 2.20. The first-order chi connectivity index (χ1) is 7.69. The number of rotatable bonds is 3. The molecule has 17 heavy (non-hydrogen) atoms. The van der Waals surface area contributed by atoms with Crippen molar-refractivity contribution in [2.24, 2.45) is 0 Å². The molecule has 96 valence electrons. The van der Waals surface area contributed by atoms with Gasteiger partial charge in [-0.1, -0.05) is 0 Å². The molecule has 0 radical (unpaired) electrons. The van der Waals surface area contributed by atoms with Gasteiger partial charge in [0.15, 0.2) is 5.88 Å². The van der Waals surface area contributed by atoms with E-state index in [0.29, 0.717) is 9.13 Å². The van der Waals surface area contributed by atoms with Crippen molar-refractivity contribution in [3.05, 3.63) is 25.1 Å². The molecule has 0 atom stereocenters. The van der Waals surface area contributed by atoms with Crippen LogP contribution in [0.3, 0.4) is 0 Å². The van der Waals surface area contributed by atoms with Crippen molar-refractivity contribution in [2.75, 3.05) is 0 Å². The second kappa shape index (κ2) is 4.94. The molecular weight excluding hydrogens is 361 g/mol. The van der Waals surface area contributed by atoms with Crippen LogP contribution in [0.4, 0.5) is 0 Å². The van der Waals surface area contributed by atoms with Crippen LogP contribution < -0.4 is 5.56 Å². The number of nitrogens with zero attached hydrogens (tertiary/aromatic N) is 1. The Kier molecular flexibility index (Phi) is 4.20. The zero-order valence-corrected chi connectivity index (χ0v) is 12.2. The summed E-state index contributed by atoms with van der Waals surface area (Å²) in [5, 5.41) is 9.82. The molecule has 1 aromatic rings. The molecule has 0 aliphatic rings. The van der Waals surface area contributed by atoms with Crippen LogP contribution in [0.25, 0.3) is 0 Å². The van der Waals surface area contributed by atoms with E-state index in [1.807, 2.05) is 0 Å². The van der Waals surface area contributed by atoms with Crippen molar-refractivity contribution in [2.45, 2.75) is 26.1 Å². The lowest BCUT2D eigenvalue weighted by atomic mass is 10.1. The Bertz CT molecular complexity index is 605. The molecule has 0 spiro atoms. The molecule has 1 rings (SSSR count). The average molecular weight is 373 g/mol. The number of halogens is 1. The lowest BCUT2D eigenvalue weighted by Crippen LogP contribution is -2.25. The van der Waals surface area contributed by atoms with Crippen LogP contribution in [0.2, 0.25) is 0 Å². The predicted molar refractivity (Wildman–Crippen MR) is 70.7 cm³/mol. The van der Waals surface area contributed by atoms with Gasteiger partial charge >= 0.3 is 0 Å². The second-order valence-electron chi connectivity index (χ2n) is 3.52. The summed E-state index contributed by atoms with van der Waals surface area (Å²) >= 11 is 1.79. The van der Waals surface area contributed by atoms with Crippen molar-refractivity contribution in [1.82, 2.24) is 4.57 Å². The highest BCUT2D eigenvalue weighted by Crippen LogP contribution is 2.24. The smallest absolute Gasteiger partial charge is 0.269 e. The van der Waals surface area contributed by atoms with E-state index in [1.54, 1.807) is 29.5 Å². The fourth-order valence-corrected chi connectivity index (χ4v) is 2.81. The highest BCUT2D eigenvalue weighted by molar-refractivity contribution is 14.1. The lowest BCUT2D eigenvalue weighted by Gasteiger charge is -2.14. The van der Waals surface area contributed by atoms with Gasteiger partial charge in [0.1, 0.15) is 5.75 Å². The second-order valence-corrected chi connectivity index (χ2v) is 6.05. The van der Waals surface area contributed by atoms with E-state index >= 15 is 0 Å². The third-order valence-corrected chi connectivity index (χ3v) is 4.31. The quantitative estimate of drug-likeness (QED) is 0.606. The molecule has 1 heterocycles. The summed E-state index contributed by atoms with van der Waals surface area (Å²) in [6.07, 6.45) is 0. The van der Waals surface area contributed by atoms with E-state index in [4.69, 9.17) is 4.55 Å². The highest BCUT2D eigenvalue weighted by atomic mass is 127. The van der Waals surface area contributed by atoms with Gasteiger partial charge in [-0.25, -0.2) is 0 Å². The monoisotopic (exact) mass is 373 g/mol. The maximum absolute atomic E-state index is 11.7. The molecule has 0 unspecified atom stereocenters.